The van der Waals surface area contributed by atoms with Crippen molar-refractivity contribution in [2.75, 3.05) is 6.61 Å². The summed E-state index contributed by atoms with van der Waals surface area (Å²) in [5.41, 5.74) is 0.396. The zero-order valence-electron chi connectivity index (χ0n) is 8.69. The average molecular weight is 221 g/mol. The van der Waals surface area contributed by atoms with E-state index in [4.69, 9.17) is 5.11 Å². The van der Waals surface area contributed by atoms with E-state index in [1.807, 2.05) is 0 Å². The van der Waals surface area contributed by atoms with Gasteiger partial charge in [-0.3, -0.25) is 4.79 Å². The normalized spacial score (nSPS) is 10.9. The quantitative estimate of drug-likeness (QED) is 0.853. The van der Waals surface area contributed by atoms with Gasteiger partial charge in [0.15, 0.2) is 0 Å². The van der Waals surface area contributed by atoms with Crippen molar-refractivity contribution in [1.29, 1.82) is 0 Å². The Morgan fingerprint density at radius 3 is 2.75 bits per heavy atom. The Balaban J connectivity index is 2.63. The molecule has 1 aromatic heterocycles. The number of rotatable bonds is 3. The van der Waals surface area contributed by atoms with Crippen LogP contribution in [0.4, 0.5) is 4.39 Å². The molecule has 0 atom stereocenters. The van der Waals surface area contributed by atoms with Gasteiger partial charge >= 0.3 is 0 Å². The molecule has 0 aliphatic rings. The van der Waals surface area contributed by atoms with Gasteiger partial charge in [-0.05, 0) is 36.1 Å². The van der Waals surface area contributed by atoms with Crippen LogP contribution in [0.2, 0.25) is 0 Å². The molecule has 2 rings (SSSR count). The van der Waals surface area contributed by atoms with Crippen molar-refractivity contribution in [3.8, 4) is 0 Å². The van der Waals surface area contributed by atoms with E-state index in [1.165, 1.54) is 22.8 Å². The van der Waals surface area contributed by atoms with E-state index in [9.17, 15) is 9.18 Å². The van der Waals surface area contributed by atoms with Gasteiger partial charge in [-0.1, -0.05) is 0 Å². The van der Waals surface area contributed by atoms with E-state index in [-0.39, 0.29) is 18.0 Å². The summed E-state index contributed by atoms with van der Waals surface area (Å²) in [4.78, 5) is 11.6. The number of hydrogen-bond donors (Lipinski definition) is 1. The van der Waals surface area contributed by atoms with Crippen LogP contribution in [0.25, 0.3) is 10.9 Å². The standard InChI is InChI=1S/C12H12FNO2/c13-10-4-2-9-3-5-12(16)14(6-1-7-15)11(9)8-10/h2-5,8,15H,1,6-7H2. The summed E-state index contributed by atoms with van der Waals surface area (Å²) in [5.74, 6) is -0.365. The lowest BCUT2D eigenvalue weighted by Crippen LogP contribution is -2.19. The molecule has 0 aliphatic heterocycles. The van der Waals surface area contributed by atoms with E-state index in [0.717, 1.165) is 5.39 Å². The van der Waals surface area contributed by atoms with Crippen molar-refractivity contribution < 1.29 is 9.50 Å². The molecule has 16 heavy (non-hydrogen) atoms. The highest BCUT2D eigenvalue weighted by molar-refractivity contribution is 5.78. The maximum absolute atomic E-state index is 13.1. The monoisotopic (exact) mass is 221 g/mol. The van der Waals surface area contributed by atoms with Crippen LogP contribution < -0.4 is 5.56 Å². The largest absolute Gasteiger partial charge is 0.396 e. The summed E-state index contributed by atoms with van der Waals surface area (Å²) >= 11 is 0. The average Bonchev–Trinajstić information content (AvgIpc) is 2.28. The molecule has 0 spiro atoms. The van der Waals surface area contributed by atoms with Crippen LogP contribution in [-0.2, 0) is 6.54 Å². The van der Waals surface area contributed by atoms with Crippen molar-refractivity contribution in [2.24, 2.45) is 0 Å². The highest BCUT2D eigenvalue weighted by Crippen LogP contribution is 2.13. The first-order valence-electron chi connectivity index (χ1n) is 5.12. The van der Waals surface area contributed by atoms with Gasteiger partial charge < -0.3 is 9.67 Å². The van der Waals surface area contributed by atoms with Crippen LogP contribution in [-0.4, -0.2) is 16.3 Å². The molecule has 0 bridgehead atoms. The number of fused-ring (bicyclic) bond motifs is 1. The van der Waals surface area contributed by atoms with Gasteiger partial charge in [0.2, 0.25) is 0 Å². The Kier molecular flexibility index (Phi) is 3.01. The van der Waals surface area contributed by atoms with Gasteiger partial charge in [-0.2, -0.15) is 0 Å². The lowest BCUT2D eigenvalue weighted by Gasteiger charge is -2.08. The summed E-state index contributed by atoms with van der Waals surface area (Å²) < 4.78 is 14.6. The van der Waals surface area contributed by atoms with E-state index in [0.29, 0.717) is 18.5 Å². The molecule has 4 heteroatoms. The van der Waals surface area contributed by atoms with Crippen molar-refractivity contribution in [3.63, 3.8) is 0 Å². The van der Waals surface area contributed by atoms with Gasteiger partial charge in [0.1, 0.15) is 5.82 Å². The molecule has 0 saturated carbocycles. The fourth-order valence-electron chi connectivity index (χ4n) is 1.72. The molecule has 1 heterocycles. The van der Waals surface area contributed by atoms with Crippen LogP contribution in [0.1, 0.15) is 6.42 Å². The third kappa shape index (κ3) is 1.97. The Morgan fingerprint density at radius 2 is 2.00 bits per heavy atom. The highest BCUT2D eigenvalue weighted by atomic mass is 19.1. The lowest BCUT2D eigenvalue weighted by molar-refractivity contribution is 0.280. The van der Waals surface area contributed by atoms with Crippen molar-refractivity contribution in [1.82, 2.24) is 4.57 Å². The van der Waals surface area contributed by atoms with E-state index < -0.39 is 0 Å². The van der Waals surface area contributed by atoms with Crippen molar-refractivity contribution in [3.05, 3.63) is 46.5 Å². The van der Waals surface area contributed by atoms with Gasteiger partial charge in [0, 0.05) is 19.2 Å². The van der Waals surface area contributed by atoms with Gasteiger partial charge in [0.05, 0.1) is 5.52 Å². The summed E-state index contributed by atoms with van der Waals surface area (Å²) in [5, 5.41) is 9.57. The molecule has 3 nitrogen and oxygen atoms in total. The molecule has 1 N–H and O–H groups in total. The Morgan fingerprint density at radius 1 is 1.25 bits per heavy atom. The number of aliphatic hydroxyl groups excluding tert-OH is 1. The number of aryl methyl sites for hydroxylation is 1. The van der Waals surface area contributed by atoms with Gasteiger partial charge in [0.25, 0.3) is 5.56 Å². The number of aliphatic hydroxyl groups is 1. The first kappa shape index (κ1) is 10.8. The summed E-state index contributed by atoms with van der Waals surface area (Å²) in [6.07, 6.45) is 0.482. The van der Waals surface area contributed by atoms with Gasteiger partial charge in [-0.15, -0.1) is 0 Å². The Bertz CT molecular complexity index is 562. The molecular weight excluding hydrogens is 209 g/mol. The van der Waals surface area contributed by atoms with E-state index in [2.05, 4.69) is 0 Å². The molecule has 0 aliphatic carbocycles. The summed E-state index contributed by atoms with van der Waals surface area (Å²) in [6, 6.07) is 7.47. The van der Waals surface area contributed by atoms with Crippen LogP contribution in [0.3, 0.4) is 0 Å². The second-order valence-corrected chi connectivity index (χ2v) is 3.60. The fraction of sp³-hybridized carbons (Fsp3) is 0.250. The number of nitrogens with zero attached hydrogens (tertiary/aromatic N) is 1. The van der Waals surface area contributed by atoms with Crippen molar-refractivity contribution in [2.45, 2.75) is 13.0 Å². The maximum Gasteiger partial charge on any atom is 0.251 e. The minimum Gasteiger partial charge on any atom is -0.396 e. The zero-order chi connectivity index (χ0) is 11.5. The number of hydrogen-bond acceptors (Lipinski definition) is 2. The van der Waals surface area contributed by atoms with Crippen LogP contribution in [0, 0.1) is 5.82 Å². The summed E-state index contributed by atoms with van der Waals surface area (Å²) in [6.45, 7) is 0.411. The molecule has 0 amide bonds. The topological polar surface area (TPSA) is 42.2 Å². The first-order valence-corrected chi connectivity index (χ1v) is 5.12. The molecule has 0 radical (unpaired) electrons. The molecule has 1 aromatic carbocycles. The third-order valence-electron chi connectivity index (χ3n) is 2.49. The number of benzene rings is 1. The van der Waals surface area contributed by atoms with Crippen molar-refractivity contribution >= 4 is 10.9 Å². The first-order chi connectivity index (χ1) is 7.72. The number of aromatic nitrogens is 1. The molecule has 0 saturated heterocycles. The lowest BCUT2D eigenvalue weighted by atomic mass is 10.2. The minimum absolute atomic E-state index is 0.0120. The molecule has 0 unspecified atom stereocenters. The SMILES string of the molecule is O=c1ccc2ccc(F)cc2n1CCCO. The predicted octanol–water partition coefficient (Wildman–Crippen LogP) is 1.52. The highest BCUT2D eigenvalue weighted by Gasteiger charge is 2.03. The third-order valence-corrected chi connectivity index (χ3v) is 2.49. The molecule has 2 aromatic rings. The molecule has 0 fully saturated rings. The second kappa shape index (κ2) is 4.45. The van der Waals surface area contributed by atoms with Crippen LogP contribution >= 0.6 is 0 Å². The van der Waals surface area contributed by atoms with E-state index >= 15 is 0 Å². The second-order valence-electron chi connectivity index (χ2n) is 3.60. The predicted molar refractivity (Wildman–Crippen MR) is 59.9 cm³/mol. The fourth-order valence-corrected chi connectivity index (χ4v) is 1.72. The zero-order valence-corrected chi connectivity index (χ0v) is 8.69. The van der Waals surface area contributed by atoms with Crippen LogP contribution in [0.15, 0.2) is 35.1 Å². The summed E-state index contributed by atoms with van der Waals surface area (Å²) in [7, 11) is 0. The Hall–Kier alpha value is -1.68. The Labute approximate surface area is 91.8 Å². The number of pyridine rings is 1. The van der Waals surface area contributed by atoms with Crippen LogP contribution in [0.5, 0.6) is 0 Å². The van der Waals surface area contributed by atoms with E-state index in [1.54, 1.807) is 12.1 Å². The maximum atomic E-state index is 13.1. The van der Waals surface area contributed by atoms with Gasteiger partial charge in [-0.25, -0.2) is 4.39 Å². The molecule has 84 valence electrons. The molecular formula is C12H12FNO2. The smallest absolute Gasteiger partial charge is 0.251 e. The number of halogens is 1. The minimum atomic E-state index is -0.365.